The van der Waals surface area contributed by atoms with E-state index < -0.39 is 5.91 Å². The molecule has 0 aliphatic carbocycles. The van der Waals surface area contributed by atoms with Crippen molar-refractivity contribution >= 4 is 17.3 Å². The number of nitrogens with one attached hydrogen (secondary N) is 1. The zero-order chi connectivity index (χ0) is 14.1. The smallest absolute Gasteiger partial charge is 0.250 e. The zero-order valence-electron chi connectivity index (χ0n) is 10.8. The largest absolute Gasteiger partial charge is 0.491 e. The summed E-state index contributed by atoms with van der Waals surface area (Å²) in [5.41, 5.74) is 13.7. The molecular formula is C15H15N3O2. The second-order valence-corrected chi connectivity index (χ2v) is 4.72. The van der Waals surface area contributed by atoms with Crippen LogP contribution in [0.25, 0.3) is 0 Å². The molecule has 1 amide bonds. The van der Waals surface area contributed by atoms with Gasteiger partial charge in [0.05, 0.1) is 11.6 Å². The maximum atomic E-state index is 11.5. The maximum absolute atomic E-state index is 11.5. The first-order valence-electron chi connectivity index (χ1n) is 6.33. The predicted molar refractivity (Wildman–Crippen MR) is 77.7 cm³/mol. The Bertz CT molecular complexity index is 670. The number of benzene rings is 2. The van der Waals surface area contributed by atoms with Crippen LogP contribution in [0, 0.1) is 0 Å². The molecule has 20 heavy (non-hydrogen) atoms. The molecule has 0 saturated heterocycles. The van der Waals surface area contributed by atoms with E-state index in [1.807, 2.05) is 24.3 Å². The Balaban J connectivity index is 1.92. The first kappa shape index (κ1) is 12.3. The Hall–Kier alpha value is -2.69. The summed E-state index contributed by atoms with van der Waals surface area (Å²) in [6.07, 6.45) is 0. The van der Waals surface area contributed by atoms with Crippen LogP contribution >= 0.6 is 0 Å². The molecule has 0 bridgehead atoms. The number of nitrogen functional groups attached to an aromatic ring is 1. The third-order valence-corrected chi connectivity index (χ3v) is 3.34. The van der Waals surface area contributed by atoms with Gasteiger partial charge in [-0.05, 0) is 24.3 Å². The molecule has 0 fully saturated rings. The van der Waals surface area contributed by atoms with Crippen molar-refractivity contribution in [2.24, 2.45) is 5.73 Å². The number of para-hydroxylation sites is 1. The van der Waals surface area contributed by atoms with E-state index in [1.54, 1.807) is 18.2 Å². The number of primary amides is 1. The molecule has 1 heterocycles. The summed E-state index contributed by atoms with van der Waals surface area (Å²) < 4.78 is 5.60. The molecule has 1 aliphatic heterocycles. The Kier molecular flexibility index (Phi) is 2.95. The topological polar surface area (TPSA) is 90.4 Å². The van der Waals surface area contributed by atoms with Gasteiger partial charge in [0.25, 0.3) is 5.91 Å². The lowest BCUT2D eigenvalue weighted by Crippen LogP contribution is -2.18. The molecule has 1 unspecified atom stereocenters. The van der Waals surface area contributed by atoms with Crippen molar-refractivity contribution < 1.29 is 9.53 Å². The molecule has 0 saturated carbocycles. The van der Waals surface area contributed by atoms with E-state index in [-0.39, 0.29) is 6.04 Å². The van der Waals surface area contributed by atoms with Gasteiger partial charge >= 0.3 is 0 Å². The van der Waals surface area contributed by atoms with Crippen molar-refractivity contribution in [1.82, 2.24) is 0 Å². The van der Waals surface area contributed by atoms with Crippen LogP contribution in [0.5, 0.6) is 5.75 Å². The fourth-order valence-corrected chi connectivity index (χ4v) is 2.36. The normalized spacial score (nSPS) is 16.3. The van der Waals surface area contributed by atoms with Gasteiger partial charge in [-0.1, -0.05) is 18.2 Å². The van der Waals surface area contributed by atoms with Crippen molar-refractivity contribution in [3.05, 3.63) is 53.6 Å². The lowest BCUT2D eigenvalue weighted by atomic mass is 10.1. The van der Waals surface area contributed by atoms with E-state index in [1.165, 1.54) is 0 Å². The minimum atomic E-state index is -0.507. The van der Waals surface area contributed by atoms with E-state index >= 15 is 0 Å². The van der Waals surface area contributed by atoms with Gasteiger partial charge in [0, 0.05) is 16.9 Å². The summed E-state index contributed by atoms with van der Waals surface area (Å²) >= 11 is 0. The maximum Gasteiger partial charge on any atom is 0.250 e. The minimum absolute atomic E-state index is 0.00655. The van der Waals surface area contributed by atoms with Crippen molar-refractivity contribution in [3.8, 4) is 5.75 Å². The van der Waals surface area contributed by atoms with Crippen LogP contribution in [0.1, 0.15) is 22.0 Å². The summed E-state index contributed by atoms with van der Waals surface area (Å²) in [7, 11) is 0. The average molecular weight is 269 g/mol. The third kappa shape index (κ3) is 2.14. The second kappa shape index (κ2) is 4.77. The Morgan fingerprint density at radius 3 is 2.85 bits per heavy atom. The van der Waals surface area contributed by atoms with E-state index in [9.17, 15) is 4.79 Å². The lowest BCUT2D eigenvalue weighted by Gasteiger charge is -2.16. The van der Waals surface area contributed by atoms with Crippen molar-refractivity contribution in [2.75, 3.05) is 17.7 Å². The molecule has 0 radical (unpaired) electrons. The molecule has 0 aromatic heterocycles. The molecule has 102 valence electrons. The Morgan fingerprint density at radius 1 is 1.25 bits per heavy atom. The van der Waals surface area contributed by atoms with Gasteiger partial charge < -0.3 is 21.5 Å². The highest BCUT2D eigenvalue weighted by Gasteiger charge is 2.24. The van der Waals surface area contributed by atoms with Crippen LogP contribution in [-0.4, -0.2) is 12.5 Å². The third-order valence-electron chi connectivity index (χ3n) is 3.34. The molecule has 2 aromatic carbocycles. The molecule has 5 nitrogen and oxygen atoms in total. The Labute approximate surface area is 116 Å². The molecule has 0 spiro atoms. The molecule has 5 heteroatoms. The number of hydrogen-bond donors (Lipinski definition) is 3. The molecule has 3 rings (SSSR count). The van der Waals surface area contributed by atoms with Crippen LogP contribution in [0.3, 0.4) is 0 Å². The quantitative estimate of drug-likeness (QED) is 0.742. The van der Waals surface area contributed by atoms with Gasteiger partial charge in [0.2, 0.25) is 0 Å². The number of fused-ring (bicyclic) bond motifs is 1. The van der Waals surface area contributed by atoms with E-state index in [0.29, 0.717) is 23.5 Å². The van der Waals surface area contributed by atoms with Crippen LogP contribution < -0.4 is 21.5 Å². The number of carbonyl (C=O) groups is 1. The molecule has 1 aliphatic rings. The molecule has 2 aromatic rings. The zero-order valence-corrected chi connectivity index (χ0v) is 10.8. The fraction of sp³-hybridized carbons (Fsp3) is 0.133. The summed E-state index contributed by atoms with van der Waals surface area (Å²) in [5, 5.41) is 3.29. The van der Waals surface area contributed by atoms with E-state index in [2.05, 4.69) is 5.32 Å². The van der Waals surface area contributed by atoms with Gasteiger partial charge in [-0.2, -0.15) is 0 Å². The van der Waals surface area contributed by atoms with Gasteiger partial charge in [-0.15, -0.1) is 0 Å². The number of anilines is 2. The van der Waals surface area contributed by atoms with Crippen molar-refractivity contribution in [2.45, 2.75) is 6.04 Å². The first-order valence-corrected chi connectivity index (χ1v) is 6.33. The summed E-state index contributed by atoms with van der Waals surface area (Å²) in [4.78, 5) is 11.5. The van der Waals surface area contributed by atoms with Crippen molar-refractivity contribution in [1.29, 1.82) is 0 Å². The predicted octanol–water partition coefficient (Wildman–Crippen LogP) is 1.91. The lowest BCUT2D eigenvalue weighted by molar-refractivity contribution is 0.100. The van der Waals surface area contributed by atoms with Gasteiger partial charge in [-0.3, -0.25) is 4.79 Å². The second-order valence-electron chi connectivity index (χ2n) is 4.72. The summed E-state index contributed by atoms with van der Waals surface area (Å²) in [6, 6.07) is 12.9. The van der Waals surface area contributed by atoms with E-state index in [0.717, 1.165) is 11.3 Å². The van der Waals surface area contributed by atoms with Gasteiger partial charge in [0.15, 0.2) is 0 Å². The minimum Gasteiger partial charge on any atom is -0.491 e. The number of ether oxygens (including phenoxy) is 1. The van der Waals surface area contributed by atoms with E-state index in [4.69, 9.17) is 16.2 Å². The van der Waals surface area contributed by atoms with Crippen LogP contribution in [0.2, 0.25) is 0 Å². The van der Waals surface area contributed by atoms with Crippen LogP contribution in [0.15, 0.2) is 42.5 Å². The average Bonchev–Trinajstić information content (AvgIpc) is 2.84. The van der Waals surface area contributed by atoms with Gasteiger partial charge in [-0.25, -0.2) is 0 Å². The number of amides is 1. The van der Waals surface area contributed by atoms with Crippen LogP contribution in [0.4, 0.5) is 11.4 Å². The SMILES string of the molecule is NC(=O)c1cc(N)ccc1NC1COc2ccccc21. The van der Waals surface area contributed by atoms with Gasteiger partial charge in [0.1, 0.15) is 12.4 Å². The molecule has 1 atom stereocenters. The molecular weight excluding hydrogens is 254 g/mol. The first-order chi connectivity index (χ1) is 9.65. The fourth-order valence-electron chi connectivity index (χ4n) is 2.36. The highest BCUT2D eigenvalue weighted by atomic mass is 16.5. The van der Waals surface area contributed by atoms with Crippen molar-refractivity contribution in [3.63, 3.8) is 0 Å². The Morgan fingerprint density at radius 2 is 2.05 bits per heavy atom. The number of rotatable bonds is 3. The summed E-state index contributed by atoms with van der Waals surface area (Å²) in [5.74, 6) is 0.355. The summed E-state index contributed by atoms with van der Waals surface area (Å²) in [6.45, 7) is 0.516. The highest BCUT2D eigenvalue weighted by Crippen LogP contribution is 2.34. The number of carbonyl (C=O) groups excluding carboxylic acids is 1. The monoisotopic (exact) mass is 269 g/mol. The number of hydrogen-bond acceptors (Lipinski definition) is 4. The standard InChI is InChI=1S/C15H15N3O2/c16-9-5-6-12(11(7-9)15(17)19)18-13-8-20-14-4-2-1-3-10(13)14/h1-7,13,18H,8,16H2,(H2,17,19). The highest BCUT2D eigenvalue weighted by molar-refractivity contribution is 5.99. The molecule has 5 N–H and O–H groups in total. The number of nitrogens with two attached hydrogens (primary N) is 2. The van der Waals surface area contributed by atoms with Crippen LogP contribution in [-0.2, 0) is 0 Å².